The highest BCUT2D eigenvalue weighted by Gasteiger charge is 2.44. The molecule has 0 radical (unpaired) electrons. The third-order valence-corrected chi connectivity index (χ3v) is 15.1. The lowest BCUT2D eigenvalue weighted by Gasteiger charge is -2.24. The lowest BCUT2D eigenvalue weighted by molar-refractivity contribution is 0.0542. The van der Waals surface area contributed by atoms with Crippen molar-refractivity contribution in [2.75, 3.05) is 24.0 Å². The molecule has 8 amide bonds. The van der Waals surface area contributed by atoms with E-state index in [0.29, 0.717) is 55.3 Å². The first-order valence-corrected chi connectivity index (χ1v) is 25.3. The molecule has 0 saturated heterocycles. The van der Waals surface area contributed by atoms with Crippen LogP contribution in [0.1, 0.15) is 171 Å². The third-order valence-electron chi connectivity index (χ3n) is 15.1. The molecule has 2 atom stereocenters. The van der Waals surface area contributed by atoms with Crippen molar-refractivity contribution in [3.63, 3.8) is 0 Å². The van der Waals surface area contributed by atoms with Gasteiger partial charge in [0, 0.05) is 58.2 Å². The maximum atomic E-state index is 13.6. The predicted octanol–water partition coefficient (Wildman–Crippen LogP) is 9.74. The lowest BCUT2D eigenvalue weighted by Crippen LogP contribution is -2.36. The molecule has 76 heavy (non-hydrogen) atoms. The Morgan fingerprint density at radius 2 is 0.868 bits per heavy atom. The minimum absolute atomic E-state index is 0.0774. The topological polar surface area (TPSA) is 199 Å². The highest BCUT2D eigenvalue weighted by atomic mass is 16.5. The van der Waals surface area contributed by atoms with E-state index in [4.69, 9.17) is 18.9 Å². The molecule has 6 aromatic rings. The molecule has 0 spiro atoms. The molecule has 17 nitrogen and oxygen atoms in total. The second-order valence-electron chi connectivity index (χ2n) is 19.5. The number of nitrogens with zero attached hydrogens (tertiary/aromatic N) is 5. The monoisotopic (exact) mass is 1020 g/mol. The van der Waals surface area contributed by atoms with Crippen LogP contribution in [0.25, 0.3) is 0 Å². The second-order valence-corrected chi connectivity index (χ2v) is 19.5. The highest BCUT2D eigenvalue weighted by Crippen LogP contribution is 2.44. The molecule has 12 rings (SSSR count). The van der Waals surface area contributed by atoms with E-state index in [0.717, 1.165) is 62.5 Å². The van der Waals surface area contributed by atoms with Crippen LogP contribution < -0.4 is 28.7 Å². The summed E-state index contributed by atoms with van der Waals surface area (Å²) in [5.41, 5.74) is 4.27. The van der Waals surface area contributed by atoms with Crippen molar-refractivity contribution in [3.8, 4) is 23.0 Å². The summed E-state index contributed by atoms with van der Waals surface area (Å²) in [6, 6.07) is 27.4. The molecule has 0 bridgehead atoms. The number of methoxy groups -OCH3 is 2. The first kappa shape index (κ1) is 49.2. The minimum Gasteiger partial charge on any atom is -0.493 e. The average Bonchev–Trinajstić information content (AvgIpc) is 4.36. The van der Waals surface area contributed by atoms with Crippen molar-refractivity contribution in [1.82, 2.24) is 14.8 Å². The predicted molar refractivity (Wildman–Crippen MR) is 275 cm³/mol. The Morgan fingerprint density at radius 1 is 0.461 bits per heavy atom. The highest BCUT2D eigenvalue weighted by molar-refractivity contribution is 6.32. The van der Waals surface area contributed by atoms with Crippen LogP contribution in [0, 0.1) is 0 Å². The number of carbonyl (C=O) groups is 8. The Morgan fingerprint density at radius 3 is 1.28 bits per heavy atom. The largest absolute Gasteiger partial charge is 0.493 e. The summed E-state index contributed by atoms with van der Waals surface area (Å²) in [5, 5.41) is 0. The van der Waals surface area contributed by atoms with Gasteiger partial charge in [0.15, 0.2) is 23.0 Å². The van der Waals surface area contributed by atoms with Gasteiger partial charge in [-0.1, -0.05) is 24.3 Å². The minimum atomic E-state index is -0.783. The summed E-state index contributed by atoms with van der Waals surface area (Å²) in [7, 11) is 3.17. The summed E-state index contributed by atoms with van der Waals surface area (Å²) >= 11 is 0. The smallest absolute Gasteiger partial charge is 0.270 e. The molecule has 17 heteroatoms. The Kier molecular flexibility index (Phi) is 12.8. The summed E-state index contributed by atoms with van der Waals surface area (Å²) in [4.78, 5) is 113. The molecule has 4 aliphatic heterocycles. The first-order chi connectivity index (χ1) is 36.8. The number of anilines is 2. The van der Waals surface area contributed by atoms with Crippen molar-refractivity contribution in [2.24, 2.45) is 0 Å². The Labute approximate surface area is 436 Å². The van der Waals surface area contributed by atoms with E-state index in [2.05, 4.69) is 4.98 Å². The number of hydrogen-bond acceptors (Lipinski definition) is 13. The van der Waals surface area contributed by atoms with Crippen LogP contribution in [0.3, 0.4) is 0 Å². The van der Waals surface area contributed by atoms with E-state index in [1.54, 1.807) is 78.6 Å². The van der Waals surface area contributed by atoms with Gasteiger partial charge in [-0.3, -0.25) is 43.3 Å². The summed E-state index contributed by atoms with van der Waals surface area (Å²) < 4.78 is 23.4. The molecule has 5 heterocycles. The number of pyridine rings is 1. The van der Waals surface area contributed by atoms with Crippen molar-refractivity contribution in [1.29, 1.82) is 0 Å². The van der Waals surface area contributed by atoms with Gasteiger partial charge in [-0.2, -0.15) is 0 Å². The normalized spacial score (nSPS) is 18.7. The maximum Gasteiger partial charge on any atom is 0.270 e. The van der Waals surface area contributed by atoms with E-state index < -0.39 is 35.4 Å². The summed E-state index contributed by atoms with van der Waals surface area (Å²) in [5.74, 6) is -2.47. The van der Waals surface area contributed by atoms with E-state index in [1.807, 2.05) is 32.0 Å². The van der Waals surface area contributed by atoms with Crippen molar-refractivity contribution >= 4 is 58.6 Å². The number of amides is 8. The standard InChI is InChI=1S/C30H26N2O6.C29H25N3O6/c1-17-21-13-11-18(27(33)32-28(34)22-9-5-6-10-23(22)29(32)35)15-24(21)30(36)31(17)19-12-14-25(37-2)26(16-19)38-20-7-3-4-8-20;1-16-20-9-7-17(26(33)32-27(34)21-11-12-30-15-23(21)29(32)36)13-22(20)28(35)31(16)18-8-10-24(37-2)25(14-18)38-19-5-3-4-6-19/h5-6,9-17,20H,3-4,7-8H2,1-2H3;7-16,19H,3-6H2,1-2H3. The van der Waals surface area contributed by atoms with Crippen LogP contribution in [0.15, 0.2) is 116 Å². The molecule has 0 N–H and O–H groups in total. The van der Waals surface area contributed by atoms with Gasteiger partial charge in [-0.05, 0) is 143 Å². The molecule has 2 unspecified atom stereocenters. The second kappa shape index (κ2) is 19.7. The Bertz CT molecular complexity index is 3170. The molecular weight excluding hydrogens is 971 g/mol. The number of carbonyl (C=O) groups excluding carboxylic acids is 8. The van der Waals surface area contributed by atoms with Gasteiger partial charge in [0.2, 0.25) is 0 Å². The van der Waals surface area contributed by atoms with Crippen molar-refractivity contribution < 1.29 is 57.3 Å². The molecule has 2 fully saturated rings. The van der Waals surface area contributed by atoms with Gasteiger partial charge >= 0.3 is 0 Å². The van der Waals surface area contributed by atoms with Gasteiger partial charge in [-0.15, -0.1) is 0 Å². The molecule has 2 aliphatic carbocycles. The lowest BCUT2D eigenvalue weighted by atomic mass is 10.0. The molecule has 384 valence electrons. The zero-order valence-corrected chi connectivity index (χ0v) is 42.1. The van der Waals surface area contributed by atoms with Crippen LogP contribution in [0.5, 0.6) is 23.0 Å². The first-order valence-electron chi connectivity index (χ1n) is 25.3. The van der Waals surface area contributed by atoms with Gasteiger partial charge in [-0.25, -0.2) is 9.80 Å². The number of rotatable bonds is 10. The van der Waals surface area contributed by atoms with Gasteiger partial charge in [0.25, 0.3) is 47.3 Å². The van der Waals surface area contributed by atoms with Crippen LogP contribution in [0.2, 0.25) is 0 Å². The van der Waals surface area contributed by atoms with E-state index in [-0.39, 0.29) is 69.5 Å². The van der Waals surface area contributed by atoms with E-state index in [1.165, 1.54) is 42.7 Å². The fourth-order valence-electron chi connectivity index (χ4n) is 11.1. The van der Waals surface area contributed by atoms with Gasteiger partial charge in [0.05, 0.1) is 60.8 Å². The number of aromatic nitrogens is 1. The molecule has 6 aliphatic rings. The van der Waals surface area contributed by atoms with Crippen LogP contribution in [-0.2, 0) is 0 Å². The summed E-state index contributed by atoms with van der Waals surface area (Å²) in [6.45, 7) is 3.82. The average molecular weight is 1020 g/mol. The molecule has 1 aromatic heterocycles. The third kappa shape index (κ3) is 8.31. The number of imide groups is 6. The molecular formula is C59H51N5O12. The zero-order chi connectivity index (χ0) is 53.1. The summed E-state index contributed by atoms with van der Waals surface area (Å²) in [6.07, 6.45) is 11.4. The molecule has 2 saturated carbocycles. The van der Waals surface area contributed by atoms with Crippen molar-refractivity contribution in [3.05, 3.63) is 171 Å². The fourth-order valence-corrected chi connectivity index (χ4v) is 11.1. The van der Waals surface area contributed by atoms with Gasteiger partial charge < -0.3 is 28.7 Å². The quantitative estimate of drug-likeness (QED) is 0.118. The van der Waals surface area contributed by atoms with Crippen LogP contribution in [-0.4, -0.2) is 88.5 Å². The number of fused-ring (bicyclic) bond motifs is 4. The van der Waals surface area contributed by atoms with Gasteiger partial charge in [0.1, 0.15) is 0 Å². The Hall–Kier alpha value is -8.99. The number of hydrogen-bond donors (Lipinski definition) is 0. The number of ether oxygens (including phenoxy) is 4. The van der Waals surface area contributed by atoms with Crippen molar-refractivity contribution in [2.45, 2.75) is 89.5 Å². The number of benzene rings is 5. The Balaban J connectivity index is 0.000000162. The fraction of sp³-hybridized carbons (Fsp3) is 0.271. The molecule has 5 aromatic carbocycles. The van der Waals surface area contributed by atoms with Crippen LogP contribution in [0.4, 0.5) is 11.4 Å². The van der Waals surface area contributed by atoms with E-state index >= 15 is 0 Å². The SMILES string of the molecule is COc1ccc(N2C(=O)c3cc(C(=O)N4C(=O)c5ccccc5C4=O)ccc3C2C)cc1OC1CCCC1.COc1ccc(N2C(=O)c3cc(C(=O)N4C(=O)c5ccncc5C4=O)ccc3C2C)cc1OC1CCCC1. The van der Waals surface area contributed by atoms with E-state index in [9.17, 15) is 38.4 Å². The zero-order valence-electron chi connectivity index (χ0n) is 42.1. The maximum absolute atomic E-state index is 13.6. The van der Waals surface area contributed by atoms with Crippen LogP contribution >= 0.6 is 0 Å².